The van der Waals surface area contributed by atoms with Gasteiger partial charge in [-0.2, -0.15) is 0 Å². The zero-order valence-corrected chi connectivity index (χ0v) is 14.9. The highest BCUT2D eigenvalue weighted by atomic mass is 16.5. The Bertz CT molecular complexity index is 1100. The number of amidine groups is 2. The Hall–Kier alpha value is -3.74. The van der Waals surface area contributed by atoms with E-state index >= 15 is 0 Å². The van der Waals surface area contributed by atoms with Gasteiger partial charge in [0.15, 0.2) is 11.7 Å². The summed E-state index contributed by atoms with van der Waals surface area (Å²) in [6, 6.07) is 27.0. The molecule has 0 heterocycles. The Balaban J connectivity index is 1.83. The molecule has 0 unspecified atom stereocenters. The molecule has 6 heteroatoms. The molecule has 0 atom stereocenters. The zero-order valence-electron chi connectivity index (χ0n) is 14.9. The van der Waals surface area contributed by atoms with Crippen LogP contribution in [0.3, 0.4) is 0 Å². The van der Waals surface area contributed by atoms with E-state index in [0.717, 1.165) is 21.5 Å². The first kappa shape index (κ1) is 17.7. The Morgan fingerprint density at radius 2 is 0.929 bits per heavy atom. The summed E-state index contributed by atoms with van der Waals surface area (Å²) in [5.41, 5.74) is 5.33. The van der Waals surface area contributed by atoms with Crippen molar-refractivity contribution in [3.05, 3.63) is 84.9 Å². The lowest BCUT2D eigenvalue weighted by Crippen LogP contribution is -2.37. The molecule has 0 aliphatic heterocycles. The molecular weight excluding hydrogens is 352 g/mol. The maximum atomic E-state index is 9.64. The fourth-order valence-corrected chi connectivity index (χ4v) is 3.11. The van der Waals surface area contributed by atoms with E-state index in [1.165, 1.54) is 0 Å². The molecule has 6 nitrogen and oxygen atoms in total. The third kappa shape index (κ3) is 3.42. The second kappa shape index (κ2) is 7.87. The summed E-state index contributed by atoms with van der Waals surface area (Å²) in [5, 5.41) is 23.2. The van der Waals surface area contributed by atoms with E-state index in [1.807, 2.05) is 95.9 Å². The molecule has 0 aliphatic carbocycles. The molecule has 0 saturated carbocycles. The van der Waals surface area contributed by atoms with Crippen molar-refractivity contribution in [2.24, 2.45) is 9.98 Å². The van der Waals surface area contributed by atoms with Gasteiger partial charge in [0.05, 0.1) is 11.4 Å². The first-order chi connectivity index (χ1) is 13.8. The van der Waals surface area contributed by atoms with Crippen LogP contribution in [0.15, 0.2) is 94.9 Å². The largest absolute Gasteiger partial charge is 0.290 e. The van der Waals surface area contributed by atoms with Gasteiger partial charge in [-0.3, -0.25) is 10.4 Å². The Morgan fingerprint density at radius 1 is 0.536 bits per heavy atom. The number of nitrogens with one attached hydrogen (secondary N) is 2. The molecular formula is C22H18N4O2. The van der Waals surface area contributed by atoms with E-state index < -0.39 is 0 Å². The van der Waals surface area contributed by atoms with Gasteiger partial charge in [0.1, 0.15) is 0 Å². The van der Waals surface area contributed by atoms with Crippen molar-refractivity contribution in [1.29, 1.82) is 0 Å². The smallest absolute Gasteiger partial charge is 0.195 e. The van der Waals surface area contributed by atoms with Crippen LogP contribution < -0.4 is 11.0 Å². The molecule has 4 aromatic carbocycles. The van der Waals surface area contributed by atoms with Gasteiger partial charge in [-0.15, -0.1) is 0 Å². The van der Waals surface area contributed by atoms with Crippen LogP contribution in [0.4, 0.5) is 11.4 Å². The molecule has 0 bridgehead atoms. The van der Waals surface area contributed by atoms with Crippen LogP contribution in [0.1, 0.15) is 0 Å². The van der Waals surface area contributed by atoms with E-state index in [1.54, 1.807) is 0 Å². The summed E-state index contributed by atoms with van der Waals surface area (Å²) in [4.78, 5) is 8.91. The summed E-state index contributed by atoms with van der Waals surface area (Å²) < 4.78 is 0. The average molecular weight is 370 g/mol. The quantitative estimate of drug-likeness (QED) is 0.234. The molecule has 4 N–H and O–H groups in total. The first-order valence-corrected chi connectivity index (χ1v) is 8.73. The molecule has 0 aliphatic rings. The predicted octanol–water partition coefficient (Wildman–Crippen LogP) is 4.71. The number of aliphatic imine (C=N–C) groups is 2. The third-order valence-corrected chi connectivity index (χ3v) is 4.43. The van der Waals surface area contributed by atoms with Gasteiger partial charge >= 0.3 is 0 Å². The minimum atomic E-state index is -0.00760. The van der Waals surface area contributed by atoms with Crippen LogP contribution in [-0.4, -0.2) is 22.1 Å². The summed E-state index contributed by atoms with van der Waals surface area (Å²) in [7, 11) is 0. The third-order valence-electron chi connectivity index (χ3n) is 4.43. The van der Waals surface area contributed by atoms with Crippen molar-refractivity contribution in [3.63, 3.8) is 0 Å². The van der Waals surface area contributed by atoms with Gasteiger partial charge in [-0.05, 0) is 22.9 Å². The van der Waals surface area contributed by atoms with Crippen molar-refractivity contribution in [2.75, 3.05) is 0 Å². The minimum absolute atomic E-state index is 0.00760. The molecule has 138 valence electrons. The maximum absolute atomic E-state index is 9.64. The lowest BCUT2D eigenvalue weighted by Gasteiger charge is -2.10. The molecule has 0 spiro atoms. The lowest BCUT2D eigenvalue weighted by atomic mass is 10.1. The number of benzene rings is 4. The Labute approximate surface area is 161 Å². The second-order valence-electron chi connectivity index (χ2n) is 6.14. The fourth-order valence-electron chi connectivity index (χ4n) is 3.11. The lowest BCUT2D eigenvalue weighted by molar-refractivity contribution is 0.223. The van der Waals surface area contributed by atoms with E-state index in [9.17, 15) is 10.4 Å². The van der Waals surface area contributed by atoms with Gasteiger partial charge < -0.3 is 0 Å². The van der Waals surface area contributed by atoms with Gasteiger partial charge in [-0.1, -0.05) is 72.8 Å². The number of nitrogens with zero attached hydrogens (tertiary/aromatic N) is 2. The highest BCUT2D eigenvalue weighted by molar-refractivity contribution is 6.41. The molecule has 0 aromatic heterocycles. The van der Waals surface area contributed by atoms with Crippen molar-refractivity contribution >= 4 is 44.6 Å². The van der Waals surface area contributed by atoms with Crippen molar-refractivity contribution in [1.82, 2.24) is 11.0 Å². The van der Waals surface area contributed by atoms with Crippen LogP contribution in [0.5, 0.6) is 0 Å². The summed E-state index contributed by atoms with van der Waals surface area (Å²) in [6.45, 7) is 0. The van der Waals surface area contributed by atoms with Crippen LogP contribution in [-0.2, 0) is 0 Å². The predicted molar refractivity (Wildman–Crippen MR) is 112 cm³/mol. The van der Waals surface area contributed by atoms with Gasteiger partial charge in [0.25, 0.3) is 0 Å². The van der Waals surface area contributed by atoms with E-state index in [0.29, 0.717) is 11.4 Å². The highest BCUT2D eigenvalue weighted by Crippen LogP contribution is 2.27. The summed E-state index contributed by atoms with van der Waals surface area (Å²) >= 11 is 0. The minimum Gasteiger partial charge on any atom is -0.290 e. The van der Waals surface area contributed by atoms with Gasteiger partial charge in [0.2, 0.25) is 0 Å². The monoisotopic (exact) mass is 370 g/mol. The molecule has 4 aromatic rings. The van der Waals surface area contributed by atoms with Crippen LogP contribution >= 0.6 is 0 Å². The molecule has 4 rings (SSSR count). The van der Waals surface area contributed by atoms with Crippen LogP contribution in [0, 0.1) is 0 Å². The number of hydroxylamine groups is 2. The topological polar surface area (TPSA) is 89.2 Å². The number of hydrogen-bond donors (Lipinski definition) is 4. The van der Waals surface area contributed by atoms with E-state index in [2.05, 4.69) is 9.98 Å². The van der Waals surface area contributed by atoms with Crippen LogP contribution in [0.25, 0.3) is 21.5 Å². The van der Waals surface area contributed by atoms with E-state index in [-0.39, 0.29) is 11.7 Å². The standard InChI is InChI=1S/C22H18N4O2/c27-25-21(23-19-13-5-9-15-7-1-3-11-17(15)19)22(26-28)24-20-14-6-10-16-8-2-4-12-18(16)20/h1-14,27-28H,(H,23,25)(H,24,26). The van der Waals surface area contributed by atoms with Crippen molar-refractivity contribution in [3.8, 4) is 0 Å². The molecule has 28 heavy (non-hydrogen) atoms. The molecule has 0 saturated heterocycles. The summed E-state index contributed by atoms with van der Waals surface area (Å²) in [5.74, 6) is -0.0152. The van der Waals surface area contributed by atoms with Crippen LogP contribution in [0.2, 0.25) is 0 Å². The SMILES string of the molecule is ONC(=Nc1cccc2ccccc12)C(=Nc1cccc2ccccc12)NO. The molecule has 0 radical (unpaired) electrons. The second-order valence-corrected chi connectivity index (χ2v) is 6.14. The van der Waals surface area contributed by atoms with Gasteiger partial charge in [-0.25, -0.2) is 20.9 Å². The Morgan fingerprint density at radius 3 is 1.36 bits per heavy atom. The number of rotatable bonds is 2. The van der Waals surface area contributed by atoms with E-state index in [4.69, 9.17) is 0 Å². The maximum Gasteiger partial charge on any atom is 0.195 e. The van der Waals surface area contributed by atoms with Gasteiger partial charge in [0, 0.05) is 10.8 Å². The van der Waals surface area contributed by atoms with Crippen molar-refractivity contribution in [2.45, 2.75) is 0 Å². The molecule has 0 fully saturated rings. The Kier molecular flexibility index (Phi) is 4.97. The molecule has 0 amide bonds. The first-order valence-electron chi connectivity index (χ1n) is 8.73. The average Bonchev–Trinajstić information content (AvgIpc) is 2.76. The number of fused-ring (bicyclic) bond motifs is 2. The normalized spacial score (nSPS) is 12.4. The fraction of sp³-hybridized carbons (Fsp3) is 0. The highest BCUT2D eigenvalue weighted by Gasteiger charge is 2.11. The zero-order chi connectivity index (χ0) is 19.3. The number of hydrogen-bond acceptors (Lipinski definition) is 4. The van der Waals surface area contributed by atoms with Crippen molar-refractivity contribution < 1.29 is 10.4 Å². The summed E-state index contributed by atoms with van der Waals surface area (Å²) in [6.07, 6.45) is 0.